The molecule has 2 aliphatic rings. The van der Waals surface area contributed by atoms with Crippen molar-refractivity contribution >= 4 is 21.8 Å². The number of sulfonamides is 1. The lowest BCUT2D eigenvalue weighted by atomic mass is 9.98. The van der Waals surface area contributed by atoms with E-state index in [1.54, 1.807) is 0 Å². The lowest BCUT2D eigenvalue weighted by molar-refractivity contribution is -0.128. The van der Waals surface area contributed by atoms with Gasteiger partial charge < -0.3 is 0 Å². The van der Waals surface area contributed by atoms with Gasteiger partial charge in [0, 0.05) is 17.6 Å². The number of nitrogens with one attached hydrogen (secondary N) is 1. The fourth-order valence-electron chi connectivity index (χ4n) is 2.65. The molecule has 1 N–H and O–H groups in total. The number of benzene rings is 1. The van der Waals surface area contributed by atoms with Gasteiger partial charge in [0.15, 0.2) is 0 Å². The van der Waals surface area contributed by atoms with Crippen LogP contribution in [0.25, 0.3) is 0 Å². The Balaban J connectivity index is 1.93. The molecule has 1 aromatic carbocycles. The van der Waals surface area contributed by atoms with Crippen LogP contribution in [0.1, 0.15) is 42.1 Å². The highest BCUT2D eigenvalue weighted by Crippen LogP contribution is 2.36. The van der Waals surface area contributed by atoms with Crippen molar-refractivity contribution in [1.29, 1.82) is 5.26 Å². The summed E-state index contributed by atoms with van der Waals surface area (Å²) >= 11 is 0. The van der Waals surface area contributed by atoms with E-state index >= 15 is 0 Å². The molecule has 2 amide bonds. The van der Waals surface area contributed by atoms with E-state index in [9.17, 15) is 18.0 Å². The highest BCUT2D eigenvalue weighted by atomic mass is 32.2. The average Bonchev–Trinajstić information content (AvgIpc) is 3.23. The Morgan fingerprint density at radius 2 is 2.04 bits per heavy atom. The minimum absolute atomic E-state index is 0.0114. The van der Waals surface area contributed by atoms with Crippen molar-refractivity contribution in [2.24, 2.45) is 0 Å². The molecule has 3 rings (SSSR count). The third-order valence-electron chi connectivity index (χ3n) is 4.34. The van der Waals surface area contributed by atoms with E-state index in [4.69, 9.17) is 5.26 Å². The molecule has 8 heteroatoms. The molecule has 7 nitrogen and oxygen atoms in total. The second-order valence-electron chi connectivity index (χ2n) is 6.42. The van der Waals surface area contributed by atoms with Crippen molar-refractivity contribution < 1.29 is 18.0 Å². The van der Waals surface area contributed by atoms with Crippen LogP contribution in [-0.4, -0.2) is 37.2 Å². The van der Waals surface area contributed by atoms with Gasteiger partial charge in [-0.2, -0.15) is 5.26 Å². The number of fused-ring (bicyclic) bond motifs is 1. The van der Waals surface area contributed by atoms with E-state index in [1.165, 1.54) is 18.2 Å². The van der Waals surface area contributed by atoms with Crippen LogP contribution in [0.4, 0.5) is 0 Å². The van der Waals surface area contributed by atoms with Crippen molar-refractivity contribution in [2.75, 3.05) is 6.54 Å². The third kappa shape index (κ3) is 3.05. The molecule has 0 spiro atoms. The first-order chi connectivity index (χ1) is 11.3. The third-order valence-corrected chi connectivity index (χ3v) is 5.97. The summed E-state index contributed by atoms with van der Waals surface area (Å²) in [5.41, 5.74) is 0.305. The van der Waals surface area contributed by atoms with Crippen LogP contribution in [0.15, 0.2) is 23.1 Å². The normalized spacial score (nSPS) is 18.9. The Bertz CT molecular complexity index is 866. The van der Waals surface area contributed by atoms with Crippen LogP contribution in [0.2, 0.25) is 0 Å². The molecule has 1 aliphatic carbocycles. The first-order valence-electron chi connectivity index (χ1n) is 7.64. The summed E-state index contributed by atoms with van der Waals surface area (Å²) in [4.78, 5) is 25.5. The van der Waals surface area contributed by atoms with Crippen LogP contribution in [-0.2, 0) is 21.2 Å². The fourth-order valence-corrected chi connectivity index (χ4v) is 4.14. The zero-order chi connectivity index (χ0) is 17.5. The fraction of sp³-hybridized carbons (Fsp3) is 0.438. The highest BCUT2D eigenvalue weighted by Gasteiger charge is 2.41. The standard InChI is InChI=1S/C16H17N3O4S/c1-16(5-6-16)18-24(22,23)12-4-3-11-9-14(20)19(8-2-7-17)15(21)13(11)10-12/h3-4,10,18H,2,5-6,8-9H2,1H3. The molecule has 1 fully saturated rings. The Morgan fingerprint density at radius 1 is 1.33 bits per heavy atom. The molecule has 1 aliphatic heterocycles. The first kappa shape index (κ1) is 16.6. The molecule has 24 heavy (non-hydrogen) atoms. The Labute approximate surface area is 140 Å². The van der Waals surface area contributed by atoms with E-state index in [0.29, 0.717) is 5.56 Å². The van der Waals surface area contributed by atoms with Gasteiger partial charge in [-0.3, -0.25) is 14.5 Å². The minimum atomic E-state index is -3.72. The molecular weight excluding hydrogens is 330 g/mol. The molecule has 0 radical (unpaired) electrons. The van der Waals surface area contributed by atoms with Gasteiger partial charge in [0.05, 0.1) is 23.8 Å². The predicted molar refractivity (Wildman–Crippen MR) is 84.4 cm³/mol. The van der Waals surface area contributed by atoms with Crippen LogP contribution < -0.4 is 4.72 Å². The molecule has 0 atom stereocenters. The zero-order valence-corrected chi connectivity index (χ0v) is 14.0. The summed E-state index contributed by atoms with van der Waals surface area (Å²) in [5, 5.41) is 8.64. The molecule has 126 valence electrons. The van der Waals surface area contributed by atoms with Gasteiger partial charge >= 0.3 is 0 Å². The van der Waals surface area contributed by atoms with Gasteiger partial charge in [-0.25, -0.2) is 13.1 Å². The zero-order valence-electron chi connectivity index (χ0n) is 13.2. The number of hydrogen-bond acceptors (Lipinski definition) is 5. The topological polar surface area (TPSA) is 107 Å². The second kappa shape index (κ2) is 5.69. The number of carbonyl (C=O) groups excluding carboxylic acids is 2. The summed E-state index contributed by atoms with van der Waals surface area (Å²) in [6.45, 7) is 1.84. The number of amides is 2. The van der Waals surface area contributed by atoms with E-state index in [-0.39, 0.29) is 35.8 Å². The summed E-state index contributed by atoms with van der Waals surface area (Å²) in [6.07, 6.45) is 1.64. The maximum Gasteiger partial charge on any atom is 0.260 e. The maximum absolute atomic E-state index is 12.5. The summed E-state index contributed by atoms with van der Waals surface area (Å²) in [5.74, 6) is -0.923. The largest absolute Gasteiger partial charge is 0.277 e. The van der Waals surface area contributed by atoms with Gasteiger partial charge in [0.25, 0.3) is 5.91 Å². The number of hydrogen-bond donors (Lipinski definition) is 1. The van der Waals surface area contributed by atoms with E-state index in [1.807, 2.05) is 13.0 Å². The lowest BCUT2D eigenvalue weighted by Crippen LogP contribution is -2.43. The van der Waals surface area contributed by atoms with Gasteiger partial charge in [-0.05, 0) is 37.5 Å². The molecular formula is C16H17N3O4S. The number of nitrogens with zero attached hydrogens (tertiary/aromatic N) is 2. The maximum atomic E-state index is 12.5. The van der Waals surface area contributed by atoms with Crippen molar-refractivity contribution in [3.8, 4) is 6.07 Å². The monoisotopic (exact) mass is 347 g/mol. The molecule has 0 aromatic heterocycles. The van der Waals surface area contributed by atoms with Gasteiger partial charge in [-0.15, -0.1) is 0 Å². The van der Waals surface area contributed by atoms with Gasteiger partial charge in [-0.1, -0.05) is 6.07 Å². The Hall–Kier alpha value is -2.24. The highest BCUT2D eigenvalue weighted by molar-refractivity contribution is 7.89. The van der Waals surface area contributed by atoms with Crippen molar-refractivity contribution in [2.45, 2.75) is 43.0 Å². The molecule has 0 saturated heterocycles. The number of carbonyl (C=O) groups is 2. The summed E-state index contributed by atoms with van der Waals surface area (Å²) < 4.78 is 27.5. The number of rotatable bonds is 5. The predicted octanol–water partition coefficient (Wildman–Crippen LogP) is 0.956. The number of imide groups is 1. The summed E-state index contributed by atoms with van der Waals surface area (Å²) in [6, 6.07) is 6.14. The molecule has 1 saturated carbocycles. The average molecular weight is 347 g/mol. The van der Waals surface area contributed by atoms with Crippen molar-refractivity contribution in [3.05, 3.63) is 29.3 Å². The van der Waals surface area contributed by atoms with E-state index in [0.717, 1.165) is 17.7 Å². The number of nitriles is 1. The second-order valence-corrected chi connectivity index (χ2v) is 8.10. The van der Waals surface area contributed by atoms with Gasteiger partial charge in [0.1, 0.15) is 0 Å². The quantitative estimate of drug-likeness (QED) is 0.798. The van der Waals surface area contributed by atoms with Gasteiger partial charge in [0.2, 0.25) is 15.9 Å². The van der Waals surface area contributed by atoms with Crippen LogP contribution in [0, 0.1) is 11.3 Å². The van der Waals surface area contributed by atoms with E-state index < -0.39 is 21.5 Å². The lowest BCUT2D eigenvalue weighted by Gasteiger charge is -2.26. The molecule has 1 heterocycles. The smallest absolute Gasteiger partial charge is 0.260 e. The Kier molecular flexibility index (Phi) is 3.94. The SMILES string of the molecule is CC1(NS(=O)(=O)c2ccc3c(c2)C(=O)N(CCC#N)C(=O)C3)CC1. The van der Waals surface area contributed by atoms with Crippen LogP contribution in [0.5, 0.6) is 0 Å². The molecule has 0 unspecified atom stereocenters. The first-order valence-corrected chi connectivity index (χ1v) is 9.13. The Morgan fingerprint density at radius 3 is 2.67 bits per heavy atom. The van der Waals surface area contributed by atoms with Crippen LogP contribution >= 0.6 is 0 Å². The molecule has 1 aromatic rings. The van der Waals surface area contributed by atoms with E-state index in [2.05, 4.69) is 4.72 Å². The van der Waals surface area contributed by atoms with Crippen molar-refractivity contribution in [3.63, 3.8) is 0 Å². The van der Waals surface area contributed by atoms with Crippen LogP contribution in [0.3, 0.4) is 0 Å². The summed E-state index contributed by atoms with van der Waals surface area (Å²) in [7, 11) is -3.72. The molecule has 0 bridgehead atoms. The minimum Gasteiger partial charge on any atom is -0.277 e. The van der Waals surface area contributed by atoms with Crippen molar-refractivity contribution in [1.82, 2.24) is 9.62 Å².